The third kappa shape index (κ3) is 4.38. The summed E-state index contributed by atoms with van der Waals surface area (Å²) >= 11 is 0. The van der Waals surface area contributed by atoms with E-state index >= 15 is 0 Å². The molecule has 6 nitrogen and oxygen atoms in total. The summed E-state index contributed by atoms with van der Waals surface area (Å²) in [5, 5.41) is 8.32. The van der Waals surface area contributed by atoms with E-state index in [0.717, 1.165) is 67.1 Å². The molecule has 0 amide bonds. The molecule has 0 bridgehead atoms. The average molecular weight is 382 g/mol. The molecule has 1 aromatic heterocycles. The van der Waals surface area contributed by atoms with Crippen LogP contribution in [0.5, 0.6) is 0 Å². The Labute approximate surface area is 167 Å². The largest absolute Gasteiger partial charge is 0.494 e. The lowest BCUT2D eigenvalue weighted by Crippen LogP contribution is -2.38. The van der Waals surface area contributed by atoms with Gasteiger partial charge >= 0.3 is 0 Å². The van der Waals surface area contributed by atoms with E-state index in [1.54, 1.807) is 0 Å². The first-order valence-electron chi connectivity index (χ1n) is 10.4. The van der Waals surface area contributed by atoms with Crippen LogP contribution in [0.3, 0.4) is 0 Å². The van der Waals surface area contributed by atoms with Gasteiger partial charge in [-0.2, -0.15) is 4.98 Å². The van der Waals surface area contributed by atoms with E-state index in [4.69, 9.17) is 14.7 Å². The fourth-order valence-electron chi connectivity index (χ4n) is 4.10. The monoisotopic (exact) mass is 381 g/mol. The molecule has 2 aromatic rings. The minimum Gasteiger partial charge on any atom is -0.494 e. The Balaban J connectivity index is 1.33. The summed E-state index contributed by atoms with van der Waals surface area (Å²) in [5.74, 6) is 2.80. The normalized spacial score (nSPS) is 24.7. The number of anilines is 2. The summed E-state index contributed by atoms with van der Waals surface area (Å²) in [6.45, 7) is 2.98. The van der Waals surface area contributed by atoms with Crippen LogP contribution in [0.25, 0.3) is 10.9 Å². The van der Waals surface area contributed by atoms with Crippen molar-refractivity contribution in [2.24, 2.45) is 0 Å². The van der Waals surface area contributed by atoms with Crippen molar-refractivity contribution in [3.05, 3.63) is 36.1 Å². The molecule has 6 heteroatoms. The van der Waals surface area contributed by atoms with Gasteiger partial charge in [-0.1, -0.05) is 12.1 Å². The summed E-state index contributed by atoms with van der Waals surface area (Å²) in [6, 6.07) is 9.18. The number of benzene rings is 1. The van der Waals surface area contributed by atoms with Crippen molar-refractivity contribution in [1.82, 2.24) is 15.3 Å². The molecule has 1 aromatic carbocycles. The van der Waals surface area contributed by atoms with Gasteiger partial charge < -0.3 is 20.3 Å². The molecular formula is C22H31N5O. The van der Waals surface area contributed by atoms with Gasteiger partial charge in [0.15, 0.2) is 0 Å². The molecule has 1 unspecified atom stereocenters. The van der Waals surface area contributed by atoms with Crippen molar-refractivity contribution in [3.63, 3.8) is 0 Å². The second-order valence-electron chi connectivity index (χ2n) is 8.19. The van der Waals surface area contributed by atoms with Crippen LogP contribution in [-0.4, -0.2) is 48.8 Å². The van der Waals surface area contributed by atoms with E-state index < -0.39 is 0 Å². The number of nitrogens with one attached hydrogen (secondary N) is 2. The molecule has 28 heavy (non-hydrogen) atoms. The first kappa shape index (κ1) is 19.0. The molecule has 2 aliphatic rings. The lowest BCUT2D eigenvalue weighted by molar-refractivity contribution is 0.152. The Morgan fingerprint density at radius 1 is 1.07 bits per heavy atom. The van der Waals surface area contributed by atoms with Gasteiger partial charge in [-0.15, -0.1) is 0 Å². The van der Waals surface area contributed by atoms with E-state index in [0.29, 0.717) is 18.2 Å². The van der Waals surface area contributed by atoms with Crippen LogP contribution in [0, 0.1) is 0 Å². The van der Waals surface area contributed by atoms with Crippen molar-refractivity contribution in [3.8, 4) is 0 Å². The molecule has 0 spiro atoms. The van der Waals surface area contributed by atoms with Gasteiger partial charge in [-0.25, -0.2) is 4.98 Å². The topological polar surface area (TPSA) is 62.3 Å². The number of fused-ring (bicyclic) bond motifs is 1. The van der Waals surface area contributed by atoms with Crippen molar-refractivity contribution in [2.45, 2.75) is 57.2 Å². The molecule has 2 heterocycles. The van der Waals surface area contributed by atoms with E-state index in [1.165, 1.54) is 0 Å². The second-order valence-corrected chi connectivity index (χ2v) is 8.19. The number of aromatic nitrogens is 2. The van der Waals surface area contributed by atoms with Gasteiger partial charge in [-0.3, -0.25) is 0 Å². The van der Waals surface area contributed by atoms with Gasteiger partial charge in [0.1, 0.15) is 11.6 Å². The van der Waals surface area contributed by atoms with Crippen molar-refractivity contribution < 1.29 is 4.74 Å². The highest BCUT2D eigenvalue weighted by Crippen LogP contribution is 2.26. The number of para-hydroxylation sites is 1. The number of rotatable bonds is 6. The summed E-state index contributed by atoms with van der Waals surface area (Å²) in [4.78, 5) is 11.6. The zero-order valence-electron chi connectivity index (χ0n) is 17.1. The molecule has 1 aliphatic heterocycles. The van der Waals surface area contributed by atoms with Crippen molar-refractivity contribution in [2.75, 3.05) is 30.9 Å². The molecule has 1 saturated carbocycles. The van der Waals surface area contributed by atoms with Crippen LogP contribution in [0.1, 0.15) is 39.0 Å². The lowest BCUT2D eigenvalue weighted by Gasteiger charge is -2.30. The zero-order chi connectivity index (χ0) is 19.5. The van der Waals surface area contributed by atoms with Gasteiger partial charge in [0.25, 0.3) is 0 Å². The van der Waals surface area contributed by atoms with Crippen LogP contribution < -0.4 is 15.5 Å². The Morgan fingerprint density at radius 3 is 2.54 bits per heavy atom. The van der Waals surface area contributed by atoms with Gasteiger partial charge in [0.2, 0.25) is 5.95 Å². The molecule has 4 rings (SSSR count). The highest BCUT2D eigenvalue weighted by molar-refractivity contribution is 5.90. The Kier molecular flexibility index (Phi) is 5.67. The standard InChI is InChI=1S/C22H31N5O/c1-15-8-13-18(28-15)14-23-16-9-11-17(12-10-16)24-22-25-20-7-5-4-6-19(20)21(26-22)27(2)3/h4-7,13,15-17,23H,8-12,14H2,1-3H3,(H,24,25,26). The van der Waals surface area contributed by atoms with E-state index in [9.17, 15) is 0 Å². The highest BCUT2D eigenvalue weighted by atomic mass is 16.5. The minimum atomic E-state index is 0.339. The summed E-state index contributed by atoms with van der Waals surface area (Å²) in [6.07, 6.45) is 8.16. The molecule has 2 N–H and O–H groups in total. The fraction of sp³-hybridized carbons (Fsp3) is 0.545. The maximum atomic E-state index is 5.78. The summed E-state index contributed by atoms with van der Waals surface area (Å²) in [5.41, 5.74) is 0.984. The first-order valence-corrected chi connectivity index (χ1v) is 10.4. The van der Waals surface area contributed by atoms with Gasteiger partial charge in [0, 0.05) is 38.0 Å². The lowest BCUT2D eigenvalue weighted by atomic mass is 9.91. The third-order valence-electron chi connectivity index (χ3n) is 5.66. The fourth-order valence-corrected chi connectivity index (χ4v) is 4.10. The number of ether oxygens (including phenoxy) is 1. The third-order valence-corrected chi connectivity index (χ3v) is 5.66. The summed E-state index contributed by atoms with van der Waals surface area (Å²) < 4.78 is 5.78. The van der Waals surface area contributed by atoms with E-state index in [1.807, 2.05) is 26.2 Å². The maximum Gasteiger partial charge on any atom is 0.225 e. The van der Waals surface area contributed by atoms with Crippen LogP contribution in [0.15, 0.2) is 36.1 Å². The van der Waals surface area contributed by atoms with Crippen LogP contribution in [0.2, 0.25) is 0 Å². The molecule has 0 radical (unpaired) electrons. The molecule has 1 fully saturated rings. The van der Waals surface area contributed by atoms with Crippen molar-refractivity contribution in [1.29, 1.82) is 0 Å². The second kappa shape index (κ2) is 8.35. The molecule has 150 valence electrons. The smallest absolute Gasteiger partial charge is 0.225 e. The Bertz CT molecular complexity index is 842. The molecule has 0 saturated heterocycles. The Morgan fingerprint density at radius 2 is 1.82 bits per heavy atom. The molecule has 1 atom stereocenters. The number of hydrogen-bond acceptors (Lipinski definition) is 6. The predicted molar refractivity (Wildman–Crippen MR) is 115 cm³/mol. The number of nitrogens with zero attached hydrogens (tertiary/aromatic N) is 3. The number of hydrogen-bond donors (Lipinski definition) is 2. The Hall–Kier alpha value is -2.34. The molecular weight excluding hydrogens is 350 g/mol. The minimum absolute atomic E-state index is 0.339. The zero-order valence-corrected chi connectivity index (χ0v) is 17.1. The average Bonchev–Trinajstić information content (AvgIpc) is 3.12. The van der Waals surface area contributed by atoms with Crippen LogP contribution >= 0.6 is 0 Å². The molecule has 1 aliphatic carbocycles. The quantitative estimate of drug-likeness (QED) is 0.796. The predicted octanol–water partition coefficient (Wildman–Crippen LogP) is 3.70. The SMILES string of the molecule is CC1CC=C(CNC2CCC(Nc3nc(N(C)C)c4ccccc4n3)CC2)O1. The highest BCUT2D eigenvalue weighted by Gasteiger charge is 2.23. The van der Waals surface area contributed by atoms with Gasteiger partial charge in [0.05, 0.1) is 18.2 Å². The van der Waals surface area contributed by atoms with Crippen LogP contribution in [0.4, 0.5) is 11.8 Å². The maximum absolute atomic E-state index is 5.78. The summed E-state index contributed by atoms with van der Waals surface area (Å²) in [7, 11) is 4.05. The van der Waals surface area contributed by atoms with Crippen LogP contribution in [-0.2, 0) is 4.74 Å². The van der Waals surface area contributed by atoms with Crippen molar-refractivity contribution >= 4 is 22.7 Å². The van der Waals surface area contributed by atoms with E-state index in [-0.39, 0.29) is 0 Å². The first-order chi connectivity index (χ1) is 13.6. The van der Waals surface area contributed by atoms with E-state index in [2.05, 4.69) is 40.7 Å². The van der Waals surface area contributed by atoms with Gasteiger partial charge in [-0.05, 0) is 50.8 Å².